The van der Waals surface area contributed by atoms with Gasteiger partial charge in [-0.1, -0.05) is 0 Å². The summed E-state index contributed by atoms with van der Waals surface area (Å²) in [7, 11) is 0. The Kier molecular flexibility index (Phi) is 2.77. The minimum Gasteiger partial charge on any atom is -0.388 e. The summed E-state index contributed by atoms with van der Waals surface area (Å²) < 4.78 is 16.1. The Balaban J connectivity index is 2.08. The van der Waals surface area contributed by atoms with Gasteiger partial charge in [-0.2, -0.15) is 0 Å². The van der Waals surface area contributed by atoms with Crippen molar-refractivity contribution < 1.29 is 24.4 Å². The van der Waals surface area contributed by atoms with Gasteiger partial charge < -0.3 is 24.4 Å². The Labute approximate surface area is 82.6 Å². The molecule has 0 aromatic rings. The van der Waals surface area contributed by atoms with Gasteiger partial charge in [0.05, 0.1) is 12.7 Å². The van der Waals surface area contributed by atoms with Crippen molar-refractivity contribution in [1.29, 1.82) is 0 Å². The van der Waals surface area contributed by atoms with E-state index in [0.29, 0.717) is 6.61 Å². The van der Waals surface area contributed by atoms with Crippen molar-refractivity contribution in [2.75, 3.05) is 6.61 Å². The highest BCUT2D eigenvalue weighted by molar-refractivity contribution is 4.92. The van der Waals surface area contributed by atoms with E-state index in [0.717, 1.165) is 0 Å². The number of hydrogen-bond donors (Lipinski definition) is 2. The van der Waals surface area contributed by atoms with Crippen LogP contribution in [0, 0.1) is 0 Å². The first-order chi connectivity index (χ1) is 6.59. The maximum absolute atomic E-state index is 9.75. The van der Waals surface area contributed by atoms with E-state index < -0.39 is 18.3 Å². The molecule has 82 valence electrons. The van der Waals surface area contributed by atoms with E-state index in [1.54, 1.807) is 13.8 Å². The van der Waals surface area contributed by atoms with E-state index in [-0.39, 0.29) is 18.5 Å². The number of fused-ring (bicyclic) bond motifs is 1. The number of rotatable bonds is 0. The Morgan fingerprint density at radius 3 is 2.50 bits per heavy atom. The molecule has 6 atom stereocenters. The van der Waals surface area contributed by atoms with E-state index >= 15 is 0 Å². The standard InChI is InChI=1S/C9H16O5/c1-4-7(10)8(11)9-6(13-4)3-12-5(2)14-9/h4-11H,3H2,1-2H3/t4-,5?,6?,7?,8+,9+/m0/s1. The van der Waals surface area contributed by atoms with Gasteiger partial charge >= 0.3 is 0 Å². The molecule has 14 heavy (non-hydrogen) atoms. The molecular weight excluding hydrogens is 188 g/mol. The van der Waals surface area contributed by atoms with Crippen LogP contribution in [0.5, 0.6) is 0 Å². The zero-order valence-electron chi connectivity index (χ0n) is 8.29. The van der Waals surface area contributed by atoms with Crippen molar-refractivity contribution in [3.05, 3.63) is 0 Å². The average Bonchev–Trinajstić information content (AvgIpc) is 2.16. The molecule has 5 heteroatoms. The van der Waals surface area contributed by atoms with Gasteiger partial charge in [-0.25, -0.2) is 0 Å². The molecule has 5 nitrogen and oxygen atoms in total. The molecule has 2 N–H and O–H groups in total. The van der Waals surface area contributed by atoms with Gasteiger partial charge in [-0.3, -0.25) is 0 Å². The normalized spacial score (nSPS) is 54.0. The van der Waals surface area contributed by atoms with Gasteiger partial charge in [-0.15, -0.1) is 0 Å². The number of aliphatic hydroxyl groups is 2. The van der Waals surface area contributed by atoms with Crippen LogP contribution in [-0.4, -0.2) is 53.6 Å². The van der Waals surface area contributed by atoms with Crippen LogP contribution in [0.15, 0.2) is 0 Å². The van der Waals surface area contributed by atoms with E-state index in [1.165, 1.54) is 0 Å². The Morgan fingerprint density at radius 1 is 1.07 bits per heavy atom. The third kappa shape index (κ3) is 1.66. The van der Waals surface area contributed by atoms with Crippen molar-refractivity contribution in [2.45, 2.75) is 50.7 Å². The fourth-order valence-electron chi connectivity index (χ4n) is 1.92. The molecule has 2 aliphatic rings. The first-order valence-electron chi connectivity index (χ1n) is 4.88. The smallest absolute Gasteiger partial charge is 0.155 e. The summed E-state index contributed by atoms with van der Waals surface area (Å²) in [6, 6.07) is 0. The number of aliphatic hydroxyl groups excluding tert-OH is 2. The lowest BCUT2D eigenvalue weighted by atomic mass is 9.95. The van der Waals surface area contributed by atoms with Gasteiger partial charge in [0.15, 0.2) is 6.29 Å². The van der Waals surface area contributed by atoms with Crippen LogP contribution in [0.3, 0.4) is 0 Å². The summed E-state index contributed by atoms with van der Waals surface area (Å²) in [4.78, 5) is 0. The summed E-state index contributed by atoms with van der Waals surface area (Å²) in [6.07, 6.45) is -3.27. The molecule has 2 fully saturated rings. The van der Waals surface area contributed by atoms with E-state index in [1.807, 2.05) is 0 Å². The van der Waals surface area contributed by atoms with Gasteiger partial charge in [-0.05, 0) is 13.8 Å². The molecule has 2 rings (SSSR count). The fraction of sp³-hybridized carbons (Fsp3) is 1.00. The van der Waals surface area contributed by atoms with Crippen LogP contribution >= 0.6 is 0 Å². The molecule has 0 spiro atoms. The molecule has 0 saturated carbocycles. The topological polar surface area (TPSA) is 68.2 Å². The van der Waals surface area contributed by atoms with Crippen molar-refractivity contribution in [3.63, 3.8) is 0 Å². The van der Waals surface area contributed by atoms with Gasteiger partial charge in [0, 0.05) is 0 Å². The van der Waals surface area contributed by atoms with E-state index in [4.69, 9.17) is 14.2 Å². The van der Waals surface area contributed by atoms with E-state index in [9.17, 15) is 10.2 Å². The van der Waals surface area contributed by atoms with Crippen LogP contribution in [0.4, 0.5) is 0 Å². The van der Waals surface area contributed by atoms with Gasteiger partial charge in [0.25, 0.3) is 0 Å². The largest absolute Gasteiger partial charge is 0.388 e. The summed E-state index contributed by atoms with van der Waals surface area (Å²) in [5.74, 6) is 0. The quantitative estimate of drug-likeness (QED) is 0.544. The molecule has 0 radical (unpaired) electrons. The number of hydrogen-bond acceptors (Lipinski definition) is 5. The SMILES string of the molecule is CC1OCC2O[C@@H](C)C(O)[C@@H](O)[C@@H]2O1. The Bertz CT molecular complexity index is 207. The first-order valence-corrected chi connectivity index (χ1v) is 4.88. The average molecular weight is 204 g/mol. The third-order valence-electron chi connectivity index (χ3n) is 2.77. The van der Waals surface area contributed by atoms with Crippen molar-refractivity contribution in [3.8, 4) is 0 Å². The molecule has 2 saturated heterocycles. The summed E-state index contributed by atoms with van der Waals surface area (Å²) in [5, 5.41) is 19.3. The van der Waals surface area contributed by atoms with E-state index in [2.05, 4.69) is 0 Å². The van der Waals surface area contributed by atoms with Crippen LogP contribution in [0.2, 0.25) is 0 Å². The summed E-state index contributed by atoms with van der Waals surface area (Å²) in [5.41, 5.74) is 0. The highest BCUT2D eigenvalue weighted by Gasteiger charge is 2.46. The lowest BCUT2D eigenvalue weighted by Gasteiger charge is -2.45. The second kappa shape index (κ2) is 3.75. The van der Waals surface area contributed by atoms with Gasteiger partial charge in [0.1, 0.15) is 24.4 Å². The Hall–Kier alpha value is -0.200. The zero-order chi connectivity index (χ0) is 10.3. The predicted molar refractivity (Wildman–Crippen MR) is 46.6 cm³/mol. The Morgan fingerprint density at radius 2 is 1.79 bits per heavy atom. The molecule has 0 bridgehead atoms. The molecular formula is C9H16O5. The molecule has 3 unspecified atom stereocenters. The molecule has 0 aromatic carbocycles. The van der Waals surface area contributed by atoms with Crippen LogP contribution in [0.1, 0.15) is 13.8 Å². The monoisotopic (exact) mass is 204 g/mol. The van der Waals surface area contributed by atoms with Crippen LogP contribution < -0.4 is 0 Å². The highest BCUT2D eigenvalue weighted by Crippen LogP contribution is 2.27. The number of ether oxygens (including phenoxy) is 3. The maximum Gasteiger partial charge on any atom is 0.155 e. The molecule has 2 aliphatic heterocycles. The lowest BCUT2D eigenvalue weighted by molar-refractivity contribution is -0.318. The minimum absolute atomic E-state index is 0.278. The highest BCUT2D eigenvalue weighted by atomic mass is 16.7. The predicted octanol–water partition coefficient (Wildman–Crippen LogP) is -0.743. The third-order valence-corrected chi connectivity index (χ3v) is 2.77. The minimum atomic E-state index is -0.893. The van der Waals surface area contributed by atoms with Crippen molar-refractivity contribution in [1.82, 2.24) is 0 Å². The second-order valence-corrected chi connectivity index (χ2v) is 3.86. The van der Waals surface area contributed by atoms with Crippen molar-refractivity contribution in [2.24, 2.45) is 0 Å². The maximum atomic E-state index is 9.75. The second-order valence-electron chi connectivity index (χ2n) is 3.86. The molecule has 2 heterocycles. The molecule has 0 amide bonds. The fourth-order valence-corrected chi connectivity index (χ4v) is 1.92. The lowest BCUT2D eigenvalue weighted by Crippen LogP contribution is -2.61. The summed E-state index contributed by atoms with van der Waals surface area (Å²) >= 11 is 0. The van der Waals surface area contributed by atoms with Crippen molar-refractivity contribution >= 4 is 0 Å². The zero-order valence-corrected chi connectivity index (χ0v) is 8.29. The summed E-state index contributed by atoms with van der Waals surface area (Å²) in [6.45, 7) is 3.88. The van der Waals surface area contributed by atoms with Crippen LogP contribution in [-0.2, 0) is 14.2 Å². The molecule has 0 aliphatic carbocycles. The first kappa shape index (κ1) is 10.3. The molecule has 0 aromatic heterocycles. The van der Waals surface area contributed by atoms with Crippen LogP contribution in [0.25, 0.3) is 0 Å². The van der Waals surface area contributed by atoms with Gasteiger partial charge in [0.2, 0.25) is 0 Å².